The lowest BCUT2D eigenvalue weighted by Crippen LogP contribution is -2.58. The molecule has 1 aliphatic heterocycles. The van der Waals surface area contributed by atoms with Gasteiger partial charge in [0.25, 0.3) is 5.60 Å². The maximum atomic E-state index is 6.88. The Labute approximate surface area is 204 Å². The Balaban J connectivity index is 1.67. The molecule has 0 aromatic carbocycles. The molecule has 0 bridgehead atoms. The molecule has 1 saturated heterocycles. The highest BCUT2D eigenvalue weighted by Gasteiger charge is 2.75. The monoisotopic (exact) mass is 506 g/mol. The van der Waals surface area contributed by atoms with E-state index in [1.165, 1.54) is 35.4 Å². The Morgan fingerprint density at radius 2 is 1.97 bits per heavy atom. The second kappa shape index (κ2) is 7.59. The van der Waals surface area contributed by atoms with Gasteiger partial charge in [0.2, 0.25) is 16.6 Å². The van der Waals surface area contributed by atoms with Crippen LogP contribution < -0.4 is 10.2 Å². The summed E-state index contributed by atoms with van der Waals surface area (Å²) < 4.78 is 15.9. The minimum Gasteiger partial charge on any atom is -0.445 e. The Morgan fingerprint density at radius 1 is 0.971 bits per heavy atom. The zero-order valence-electron chi connectivity index (χ0n) is 17.5. The fourth-order valence-corrected chi connectivity index (χ4v) is 5.62. The lowest BCUT2D eigenvalue weighted by atomic mass is 9.73. The second-order valence-electron chi connectivity index (χ2n) is 7.37. The van der Waals surface area contributed by atoms with E-state index in [0.717, 1.165) is 0 Å². The van der Waals surface area contributed by atoms with Crippen LogP contribution in [0.3, 0.4) is 0 Å². The molecule has 13 nitrogen and oxygen atoms in total. The summed E-state index contributed by atoms with van der Waals surface area (Å²) in [6.07, 6.45) is 11.2. The summed E-state index contributed by atoms with van der Waals surface area (Å²) in [7, 11) is 0. The number of aromatic nitrogens is 8. The van der Waals surface area contributed by atoms with Crippen LogP contribution >= 0.6 is 22.9 Å². The number of nitrogens with one attached hydrogen (secondary N) is 2. The quantitative estimate of drug-likeness (QED) is 0.343. The van der Waals surface area contributed by atoms with Gasteiger partial charge in [-0.15, -0.1) is 16.5 Å². The number of oxazole rings is 1. The van der Waals surface area contributed by atoms with Crippen molar-refractivity contribution in [2.75, 3.05) is 10.2 Å². The molecule has 6 aromatic rings. The van der Waals surface area contributed by atoms with Gasteiger partial charge in [0, 0.05) is 41.6 Å². The summed E-state index contributed by atoms with van der Waals surface area (Å²) in [4.78, 5) is 24.0. The standard InChI is InChI=1S/C20H14N10O3S2/c1-4-25-26-14(1)20(17-23-7-10-31-17)19(13-2-9-32-27-13,16-21-5-6-22-16)29(18-24-8-12-34-18)30(33-20)15-3-11-35-28-15/h1-12H,(H,21,22)(H,25,26). The fraction of sp³-hybridized carbons (Fsp3) is 0.100. The van der Waals surface area contributed by atoms with Crippen LogP contribution in [0.2, 0.25) is 0 Å². The minimum atomic E-state index is -1.54. The molecule has 0 radical (unpaired) electrons. The third-order valence-corrected chi connectivity index (χ3v) is 7.01. The van der Waals surface area contributed by atoms with E-state index in [2.05, 4.69) is 39.7 Å². The molecular weight excluding hydrogens is 492 g/mol. The molecule has 15 heteroatoms. The Morgan fingerprint density at radius 3 is 2.63 bits per heavy atom. The van der Waals surface area contributed by atoms with E-state index in [4.69, 9.17) is 13.8 Å². The van der Waals surface area contributed by atoms with Crippen molar-refractivity contribution in [1.29, 1.82) is 0 Å². The van der Waals surface area contributed by atoms with Crippen molar-refractivity contribution in [2.45, 2.75) is 11.1 Å². The number of hydrogen-bond acceptors (Lipinski definition) is 13. The molecule has 2 unspecified atom stereocenters. The van der Waals surface area contributed by atoms with Crippen molar-refractivity contribution < 1.29 is 13.8 Å². The van der Waals surface area contributed by atoms with Crippen molar-refractivity contribution >= 4 is 33.8 Å². The van der Waals surface area contributed by atoms with Crippen LogP contribution in [0.1, 0.15) is 23.1 Å². The molecule has 7 rings (SSSR count). The highest BCUT2D eigenvalue weighted by atomic mass is 32.1. The first-order valence-corrected chi connectivity index (χ1v) is 12.0. The van der Waals surface area contributed by atoms with Crippen LogP contribution in [0.15, 0.2) is 81.4 Å². The summed E-state index contributed by atoms with van der Waals surface area (Å²) in [5, 5.41) is 19.3. The maximum absolute atomic E-state index is 6.88. The predicted molar refractivity (Wildman–Crippen MR) is 122 cm³/mol. The predicted octanol–water partition coefficient (Wildman–Crippen LogP) is 3.08. The van der Waals surface area contributed by atoms with Crippen LogP contribution in [0, 0.1) is 0 Å². The van der Waals surface area contributed by atoms with Gasteiger partial charge < -0.3 is 13.9 Å². The van der Waals surface area contributed by atoms with Crippen molar-refractivity contribution in [3.63, 3.8) is 0 Å². The van der Waals surface area contributed by atoms with E-state index < -0.39 is 11.1 Å². The first-order chi connectivity index (χ1) is 17.4. The topological polar surface area (TPSA) is 151 Å². The Bertz CT molecular complexity index is 1410. The van der Waals surface area contributed by atoms with Gasteiger partial charge in [-0.05, 0) is 23.7 Å². The van der Waals surface area contributed by atoms with Crippen molar-refractivity contribution in [3.8, 4) is 0 Å². The maximum Gasteiger partial charge on any atom is 0.253 e. The van der Waals surface area contributed by atoms with Gasteiger partial charge in [-0.3, -0.25) is 5.10 Å². The molecule has 6 aromatic heterocycles. The molecule has 2 N–H and O–H groups in total. The lowest BCUT2D eigenvalue weighted by molar-refractivity contribution is -0.0355. The van der Waals surface area contributed by atoms with E-state index in [1.807, 2.05) is 21.8 Å². The smallest absolute Gasteiger partial charge is 0.253 e. The van der Waals surface area contributed by atoms with Gasteiger partial charge in [0.05, 0.1) is 11.9 Å². The Kier molecular flexibility index (Phi) is 4.35. The van der Waals surface area contributed by atoms with Crippen molar-refractivity contribution in [2.24, 2.45) is 0 Å². The zero-order chi connectivity index (χ0) is 23.3. The summed E-state index contributed by atoms with van der Waals surface area (Å²) in [5.41, 5.74) is -1.98. The second-order valence-corrected chi connectivity index (χ2v) is 8.91. The first-order valence-electron chi connectivity index (χ1n) is 10.3. The number of H-pyrrole nitrogens is 2. The average molecular weight is 507 g/mol. The summed E-state index contributed by atoms with van der Waals surface area (Å²) in [6, 6.07) is 5.36. The van der Waals surface area contributed by atoms with E-state index in [9.17, 15) is 0 Å². The fourth-order valence-electron chi connectivity index (χ4n) is 4.46. The van der Waals surface area contributed by atoms with Crippen LogP contribution in [-0.2, 0) is 16.0 Å². The van der Waals surface area contributed by atoms with Crippen LogP contribution in [0.5, 0.6) is 0 Å². The average Bonchev–Trinajstić information content (AvgIpc) is 3.71. The number of rotatable bonds is 6. The van der Waals surface area contributed by atoms with Gasteiger partial charge >= 0.3 is 0 Å². The zero-order valence-corrected chi connectivity index (χ0v) is 19.2. The van der Waals surface area contributed by atoms with Gasteiger partial charge in [-0.25, -0.2) is 24.8 Å². The molecule has 7 heterocycles. The van der Waals surface area contributed by atoms with Crippen LogP contribution in [0.4, 0.5) is 10.9 Å². The van der Waals surface area contributed by atoms with E-state index in [0.29, 0.717) is 28.2 Å². The normalized spacial score (nSPS) is 22.3. The number of anilines is 2. The van der Waals surface area contributed by atoms with Crippen LogP contribution in [0.25, 0.3) is 0 Å². The molecule has 0 amide bonds. The van der Waals surface area contributed by atoms with Crippen LogP contribution in [-0.4, -0.2) is 39.7 Å². The summed E-state index contributed by atoms with van der Waals surface area (Å²) >= 11 is 2.69. The summed E-state index contributed by atoms with van der Waals surface area (Å²) in [6.45, 7) is 0. The molecule has 35 heavy (non-hydrogen) atoms. The number of hydrogen-bond donors (Lipinski definition) is 2. The number of hydrazine groups is 1. The molecule has 2 atom stereocenters. The van der Waals surface area contributed by atoms with Crippen molar-refractivity contribution in [1.82, 2.24) is 39.7 Å². The molecule has 174 valence electrons. The van der Waals surface area contributed by atoms with Crippen molar-refractivity contribution in [3.05, 3.63) is 95.6 Å². The van der Waals surface area contributed by atoms with Gasteiger partial charge in [-0.1, -0.05) is 5.16 Å². The molecule has 1 fully saturated rings. The highest BCUT2D eigenvalue weighted by Crippen LogP contribution is 2.60. The molecule has 0 saturated carbocycles. The number of thiazole rings is 1. The third kappa shape index (κ3) is 2.59. The Hall–Kier alpha value is -4.34. The molecule has 1 aliphatic rings. The van der Waals surface area contributed by atoms with Gasteiger partial charge in [0.15, 0.2) is 5.82 Å². The molecular formula is C20H14N10O3S2. The molecule has 0 spiro atoms. The first kappa shape index (κ1) is 20.1. The summed E-state index contributed by atoms with van der Waals surface area (Å²) in [5.74, 6) is 1.20. The highest BCUT2D eigenvalue weighted by molar-refractivity contribution is 7.13. The number of imidazole rings is 1. The number of aromatic amines is 2. The SMILES string of the molecule is c1cc(C2(c3ncco3)ON(c3ccsn3)N(c3nccs3)C2(c2ccon2)c2ncc[nH]2)[nH]n1. The van der Waals surface area contributed by atoms with Gasteiger partial charge in [-0.2, -0.15) is 9.47 Å². The minimum absolute atomic E-state index is 0.223. The van der Waals surface area contributed by atoms with E-state index in [-0.39, 0.29) is 5.89 Å². The van der Waals surface area contributed by atoms with Gasteiger partial charge in [0.1, 0.15) is 24.0 Å². The van der Waals surface area contributed by atoms with E-state index in [1.54, 1.807) is 48.3 Å². The third-order valence-electron chi connectivity index (χ3n) is 5.72. The molecule has 0 aliphatic carbocycles. The largest absolute Gasteiger partial charge is 0.445 e. The van der Waals surface area contributed by atoms with E-state index >= 15 is 0 Å². The lowest BCUT2D eigenvalue weighted by Gasteiger charge is -2.40. The number of nitrogens with zero attached hydrogens (tertiary/aromatic N) is 8.